The second-order valence-electron chi connectivity index (χ2n) is 5.60. The van der Waals surface area contributed by atoms with Crippen molar-refractivity contribution in [3.63, 3.8) is 0 Å². The highest BCUT2D eigenvalue weighted by Crippen LogP contribution is 2.23. The van der Waals surface area contributed by atoms with Crippen LogP contribution in [-0.4, -0.2) is 29.1 Å². The van der Waals surface area contributed by atoms with Crippen LogP contribution in [0.1, 0.15) is 41.2 Å². The zero-order chi connectivity index (χ0) is 14.7. The van der Waals surface area contributed by atoms with Gasteiger partial charge in [0.1, 0.15) is 0 Å². The van der Waals surface area contributed by atoms with Crippen molar-refractivity contribution in [1.29, 1.82) is 0 Å². The SMILES string of the molecule is Cc1cc(C)c(C)c(CN(C)C(C)CC(=O)O)c1C. The lowest BCUT2D eigenvalue weighted by atomic mass is 9.93. The lowest BCUT2D eigenvalue weighted by Crippen LogP contribution is -2.31. The first-order chi connectivity index (χ1) is 8.73. The van der Waals surface area contributed by atoms with E-state index >= 15 is 0 Å². The van der Waals surface area contributed by atoms with Crippen molar-refractivity contribution in [2.24, 2.45) is 0 Å². The predicted molar refractivity (Wildman–Crippen MR) is 78.6 cm³/mol. The fraction of sp³-hybridized carbons (Fsp3) is 0.562. The van der Waals surface area contributed by atoms with Crippen LogP contribution < -0.4 is 0 Å². The van der Waals surface area contributed by atoms with E-state index in [1.54, 1.807) is 0 Å². The van der Waals surface area contributed by atoms with Gasteiger partial charge in [-0.1, -0.05) is 6.07 Å². The van der Waals surface area contributed by atoms with Crippen molar-refractivity contribution >= 4 is 5.97 Å². The third-order valence-electron chi connectivity index (χ3n) is 4.15. The molecule has 0 fully saturated rings. The van der Waals surface area contributed by atoms with Gasteiger partial charge >= 0.3 is 5.97 Å². The maximum atomic E-state index is 10.8. The number of benzene rings is 1. The van der Waals surface area contributed by atoms with Gasteiger partial charge in [0.25, 0.3) is 0 Å². The summed E-state index contributed by atoms with van der Waals surface area (Å²) in [5, 5.41) is 8.87. The van der Waals surface area contributed by atoms with Gasteiger partial charge in [-0.2, -0.15) is 0 Å². The first-order valence-electron chi connectivity index (χ1n) is 6.72. The van der Waals surface area contributed by atoms with Gasteiger partial charge in [-0.25, -0.2) is 0 Å². The quantitative estimate of drug-likeness (QED) is 0.886. The van der Waals surface area contributed by atoms with Gasteiger partial charge in [0.2, 0.25) is 0 Å². The molecule has 1 aromatic carbocycles. The number of aryl methyl sites for hydroxylation is 2. The lowest BCUT2D eigenvalue weighted by Gasteiger charge is -2.26. The van der Waals surface area contributed by atoms with Crippen molar-refractivity contribution in [3.8, 4) is 0 Å². The molecule has 0 aliphatic rings. The molecule has 0 bridgehead atoms. The molecule has 106 valence electrons. The molecule has 1 unspecified atom stereocenters. The van der Waals surface area contributed by atoms with E-state index in [2.05, 4.69) is 38.7 Å². The zero-order valence-electron chi connectivity index (χ0n) is 12.9. The standard InChI is InChI=1S/C16H25NO2/c1-10-7-11(2)14(5)15(13(10)4)9-17(6)12(3)8-16(18)19/h7,12H,8-9H2,1-6H3,(H,18,19). The molecule has 0 aromatic heterocycles. The normalized spacial score (nSPS) is 12.8. The molecule has 0 amide bonds. The Morgan fingerprint density at radius 3 is 2.11 bits per heavy atom. The monoisotopic (exact) mass is 263 g/mol. The fourth-order valence-electron chi connectivity index (χ4n) is 2.35. The van der Waals surface area contributed by atoms with Crippen LogP contribution in [0.3, 0.4) is 0 Å². The van der Waals surface area contributed by atoms with Gasteiger partial charge < -0.3 is 5.11 Å². The Hall–Kier alpha value is -1.35. The summed E-state index contributed by atoms with van der Waals surface area (Å²) in [6, 6.07) is 2.26. The first-order valence-corrected chi connectivity index (χ1v) is 6.72. The molecule has 0 aliphatic carbocycles. The summed E-state index contributed by atoms with van der Waals surface area (Å²) >= 11 is 0. The van der Waals surface area contributed by atoms with Crippen LogP contribution in [0, 0.1) is 27.7 Å². The Bertz CT molecular complexity index is 454. The highest BCUT2D eigenvalue weighted by Gasteiger charge is 2.16. The molecule has 0 radical (unpaired) electrons. The summed E-state index contributed by atoms with van der Waals surface area (Å²) in [4.78, 5) is 12.9. The molecule has 19 heavy (non-hydrogen) atoms. The van der Waals surface area contributed by atoms with E-state index in [0.717, 1.165) is 6.54 Å². The highest BCUT2D eigenvalue weighted by molar-refractivity contribution is 5.67. The number of carboxylic acids is 1. The number of hydrogen-bond acceptors (Lipinski definition) is 2. The Balaban J connectivity index is 2.96. The van der Waals surface area contributed by atoms with Crippen molar-refractivity contribution in [3.05, 3.63) is 33.9 Å². The molecule has 0 saturated carbocycles. The number of aliphatic carboxylic acids is 1. The van der Waals surface area contributed by atoms with Crippen LogP contribution in [0.25, 0.3) is 0 Å². The van der Waals surface area contributed by atoms with Gasteiger partial charge in [-0.05, 0) is 69.5 Å². The molecule has 1 rings (SSSR count). The minimum absolute atomic E-state index is 0.0390. The van der Waals surface area contributed by atoms with Gasteiger partial charge in [-0.15, -0.1) is 0 Å². The maximum Gasteiger partial charge on any atom is 0.304 e. The fourth-order valence-corrected chi connectivity index (χ4v) is 2.35. The van der Waals surface area contributed by atoms with Crippen molar-refractivity contribution < 1.29 is 9.90 Å². The van der Waals surface area contributed by atoms with E-state index in [4.69, 9.17) is 5.11 Å². The van der Waals surface area contributed by atoms with Crippen LogP contribution in [-0.2, 0) is 11.3 Å². The molecule has 3 heteroatoms. The molecule has 3 nitrogen and oxygen atoms in total. The summed E-state index contributed by atoms with van der Waals surface area (Å²) in [6.45, 7) is 11.3. The summed E-state index contributed by atoms with van der Waals surface area (Å²) in [5.41, 5.74) is 6.57. The largest absolute Gasteiger partial charge is 0.481 e. The highest BCUT2D eigenvalue weighted by atomic mass is 16.4. The second-order valence-corrected chi connectivity index (χ2v) is 5.60. The number of hydrogen-bond donors (Lipinski definition) is 1. The first kappa shape index (κ1) is 15.7. The molecule has 0 spiro atoms. The Morgan fingerprint density at radius 2 is 1.68 bits per heavy atom. The lowest BCUT2D eigenvalue weighted by molar-refractivity contribution is -0.138. The zero-order valence-corrected chi connectivity index (χ0v) is 12.9. The summed E-state index contributed by atoms with van der Waals surface area (Å²) in [5.74, 6) is -0.742. The van der Waals surface area contributed by atoms with Crippen LogP contribution in [0.4, 0.5) is 0 Å². The molecule has 1 atom stereocenters. The number of nitrogens with zero attached hydrogens (tertiary/aromatic N) is 1. The molecule has 1 aromatic rings. The Morgan fingerprint density at radius 1 is 1.21 bits per heavy atom. The smallest absolute Gasteiger partial charge is 0.304 e. The van der Waals surface area contributed by atoms with Crippen LogP contribution in [0.5, 0.6) is 0 Å². The third-order valence-corrected chi connectivity index (χ3v) is 4.15. The Labute approximate surface area is 116 Å². The Kier molecular flexibility index (Phi) is 5.12. The molecule has 1 N–H and O–H groups in total. The second kappa shape index (κ2) is 6.20. The molecule has 0 heterocycles. The topological polar surface area (TPSA) is 40.5 Å². The number of carbonyl (C=O) groups is 1. The van der Waals surface area contributed by atoms with E-state index in [1.807, 2.05) is 14.0 Å². The van der Waals surface area contributed by atoms with Crippen LogP contribution in [0.15, 0.2) is 6.07 Å². The minimum atomic E-state index is -0.742. The van der Waals surface area contributed by atoms with Gasteiger partial charge in [-0.3, -0.25) is 9.69 Å². The molecular weight excluding hydrogens is 238 g/mol. The van der Waals surface area contributed by atoms with E-state index in [-0.39, 0.29) is 12.5 Å². The molecule has 0 saturated heterocycles. The van der Waals surface area contributed by atoms with Crippen LogP contribution in [0.2, 0.25) is 0 Å². The average molecular weight is 263 g/mol. The van der Waals surface area contributed by atoms with Crippen LogP contribution >= 0.6 is 0 Å². The molecular formula is C16H25NO2. The van der Waals surface area contributed by atoms with Crippen molar-refractivity contribution in [2.45, 2.75) is 53.6 Å². The van der Waals surface area contributed by atoms with Gasteiger partial charge in [0.15, 0.2) is 0 Å². The van der Waals surface area contributed by atoms with Gasteiger partial charge in [0.05, 0.1) is 6.42 Å². The minimum Gasteiger partial charge on any atom is -0.481 e. The van der Waals surface area contributed by atoms with Gasteiger partial charge in [0, 0.05) is 12.6 Å². The van der Waals surface area contributed by atoms with E-state index in [0.29, 0.717) is 0 Å². The number of carboxylic acid groups (broad SMARTS) is 1. The summed E-state index contributed by atoms with van der Waals surface area (Å²) in [6.07, 6.45) is 0.180. The van der Waals surface area contributed by atoms with Crippen molar-refractivity contribution in [2.75, 3.05) is 7.05 Å². The average Bonchev–Trinajstić information content (AvgIpc) is 2.31. The molecule has 0 aliphatic heterocycles. The van der Waals surface area contributed by atoms with E-state index in [1.165, 1.54) is 27.8 Å². The number of rotatable bonds is 5. The van der Waals surface area contributed by atoms with E-state index < -0.39 is 5.97 Å². The van der Waals surface area contributed by atoms with Crippen molar-refractivity contribution in [1.82, 2.24) is 4.90 Å². The summed E-state index contributed by atoms with van der Waals surface area (Å²) < 4.78 is 0. The predicted octanol–water partition coefficient (Wildman–Crippen LogP) is 3.22. The third kappa shape index (κ3) is 3.80. The summed E-state index contributed by atoms with van der Waals surface area (Å²) in [7, 11) is 1.99. The maximum absolute atomic E-state index is 10.8. The van der Waals surface area contributed by atoms with E-state index in [9.17, 15) is 4.79 Å².